The number of halogens is 1. The van der Waals surface area contributed by atoms with Crippen LogP contribution in [-0.2, 0) is 6.42 Å². The molecule has 1 aromatic heterocycles. The van der Waals surface area contributed by atoms with Gasteiger partial charge in [-0.15, -0.1) is 0 Å². The van der Waals surface area contributed by atoms with Gasteiger partial charge in [0, 0.05) is 30.5 Å². The highest BCUT2D eigenvalue weighted by Crippen LogP contribution is 2.39. The van der Waals surface area contributed by atoms with E-state index in [1.807, 2.05) is 12.1 Å². The number of hydrogen-bond donors (Lipinski definition) is 2. The van der Waals surface area contributed by atoms with Gasteiger partial charge in [-0.25, -0.2) is 4.39 Å². The topological polar surface area (TPSA) is 65.5 Å². The van der Waals surface area contributed by atoms with E-state index >= 15 is 0 Å². The molecule has 0 radical (unpaired) electrons. The number of β-amino-alcohol motifs (C(OH)–C–C–N with tert-alkyl or cyclic N) is 1. The van der Waals surface area contributed by atoms with Crippen molar-refractivity contribution in [2.75, 3.05) is 18.0 Å². The Balaban J connectivity index is 1.45. The smallest absolute Gasteiger partial charge is 0.270 e. The van der Waals surface area contributed by atoms with E-state index in [-0.39, 0.29) is 23.4 Å². The number of amides is 1. The first-order chi connectivity index (χ1) is 13.0. The number of benzene rings is 1. The molecule has 1 aliphatic carbocycles. The van der Waals surface area contributed by atoms with Gasteiger partial charge in [-0.2, -0.15) is 0 Å². The minimum Gasteiger partial charge on any atom is -0.391 e. The molecule has 0 unspecified atom stereocenters. The zero-order valence-corrected chi connectivity index (χ0v) is 15.2. The van der Waals surface area contributed by atoms with Gasteiger partial charge in [0.25, 0.3) is 5.91 Å². The van der Waals surface area contributed by atoms with Gasteiger partial charge in [-0.3, -0.25) is 9.78 Å². The number of aromatic nitrogens is 1. The van der Waals surface area contributed by atoms with Gasteiger partial charge in [0.15, 0.2) is 0 Å². The summed E-state index contributed by atoms with van der Waals surface area (Å²) in [5, 5.41) is 12.9. The van der Waals surface area contributed by atoms with Crippen LogP contribution in [0.1, 0.15) is 41.7 Å². The van der Waals surface area contributed by atoms with Gasteiger partial charge >= 0.3 is 0 Å². The average molecular weight is 369 g/mol. The number of aliphatic hydroxyl groups is 1. The fourth-order valence-electron chi connectivity index (χ4n) is 3.74. The average Bonchev–Trinajstić information content (AvgIpc) is 3.43. The molecule has 27 heavy (non-hydrogen) atoms. The Morgan fingerprint density at radius 2 is 2.15 bits per heavy atom. The van der Waals surface area contributed by atoms with E-state index in [1.165, 1.54) is 6.07 Å². The molecule has 5 nitrogen and oxygen atoms in total. The summed E-state index contributed by atoms with van der Waals surface area (Å²) in [6.45, 7) is 1.43. The second kappa shape index (κ2) is 7.27. The molecule has 1 aromatic carbocycles. The van der Waals surface area contributed by atoms with E-state index < -0.39 is 0 Å². The van der Waals surface area contributed by atoms with Gasteiger partial charge in [0.2, 0.25) is 0 Å². The van der Waals surface area contributed by atoms with E-state index in [0.29, 0.717) is 24.2 Å². The monoisotopic (exact) mass is 369 g/mol. The number of hydrogen-bond acceptors (Lipinski definition) is 4. The van der Waals surface area contributed by atoms with Gasteiger partial charge < -0.3 is 15.3 Å². The maximum Gasteiger partial charge on any atom is 0.270 e. The SMILES string of the molecule is O=C(NC1(Cc2ccccc2F)CC1)c1cc(N2CCC[C@H](O)C2)ccn1. The molecule has 2 fully saturated rings. The minimum atomic E-state index is -0.377. The standard InChI is InChI=1S/C21H24FN3O2/c22-18-6-2-1-4-15(18)13-21(8-9-21)24-20(27)19-12-16(7-10-23-19)25-11-3-5-17(26)14-25/h1-2,4,6-7,10,12,17,26H,3,5,8-9,11,13-14H2,(H,24,27)/t17-/m0/s1. The number of aliphatic hydroxyl groups excluding tert-OH is 1. The zero-order chi connectivity index (χ0) is 18.9. The Morgan fingerprint density at radius 3 is 2.89 bits per heavy atom. The fourth-order valence-corrected chi connectivity index (χ4v) is 3.74. The molecular formula is C21H24FN3O2. The first kappa shape index (κ1) is 17.9. The number of rotatable bonds is 5. The summed E-state index contributed by atoms with van der Waals surface area (Å²) in [6.07, 6.45) is 5.20. The van der Waals surface area contributed by atoms with Crippen LogP contribution >= 0.6 is 0 Å². The lowest BCUT2D eigenvalue weighted by Gasteiger charge is -2.32. The van der Waals surface area contributed by atoms with Crippen molar-refractivity contribution < 1.29 is 14.3 Å². The van der Waals surface area contributed by atoms with Crippen LogP contribution in [0.3, 0.4) is 0 Å². The van der Waals surface area contributed by atoms with Crippen LogP contribution < -0.4 is 10.2 Å². The van der Waals surface area contributed by atoms with Crippen LogP contribution in [0, 0.1) is 5.82 Å². The Labute approximate surface area is 158 Å². The largest absolute Gasteiger partial charge is 0.391 e. The van der Waals surface area contributed by atoms with Crippen molar-refractivity contribution in [2.24, 2.45) is 0 Å². The van der Waals surface area contributed by atoms with Crippen molar-refractivity contribution in [3.8, 4) is 0 Å². The van der Waals surface area contributed by atoms with Crippen molar-refractivity contribution in [3.05, 3.63) is 59.7 Å². The van der Waals surface area contributed by atoms with Gasteiger partial charge in [-0.05, 0) is 55.9 Å². The van der Waals surface area contributed by atoms with Crippen molar-refractivity contribution in [3.63, 3.8) is 0 Å². The van der Waals surface area contributed by atoms with E-state index in [1.54, 1.807) is 24.4 Å². The summed E-state index contributed by atoms with van der Waals surface area (Å²) in [5.41, 5.74) is 1.50. The molecule has 1 amide bonds. The quantitative estimate of drug-likeness (QED) is 0.851. The molecule has 6 heteroatoms. The van der Waals surface area contributed by atoms with Crippen molar-refractivity contribution >= 4 is 11.6 Å². The number of piperidine rings is 1. The zero-order valence-electron chi connectivity index (χ0n) is 15.2. The van der Waals surface area contributed by atoms with Crippen LogP contribution in [0.5, 0.6) is 0 Å². The number of nitrogens with zero attached hydrogens (tertiary/aromatic N) is 2. The third-order valence-electron chi connectivity index (χ3n) is 5.46. The van der Waals surface area contributed by atoms with Gasteiger partial charge in [0.05, 0.1) is 6.10 Å². The second-order valence-electron chi connectivity index (χ2n) is 7.64. The molecule has 1 aliphatic heterocycles. The van der Waals surface area contributed by atoms with Crippen molar-refractivity contribution in [1.82, 2.24) is 10.3 Å². The first-order valence-corrected chi connectivity index (χ1v) is 9.50. The lowest BCUT2D eigenvalue weighted by atomic mass is 10.0. The number of nitrogens with one attached hydrogen (secondary N) is 1. The molecule has 2 heterocycles. The molecule has 0 spiro atoms. The summed E-state index contributed by atoms with van der Waals surface area (Å²) < 4.78 is 13.9. The molecule has 1 atom stereocenters. The number of carbonyl (C=O) groups is 1. The van der Waals surface area contributed by atoms with Crippen LogP contribution in [-0.4, -0.2) is 40.7 Å². The normalized spacial score (nSPS) is 21.0. The van der Waals surface area contributed by atoms with Crippen molar-refractivity contribution in [2.45, 2.75) is 43.7 Å². The van der Waals surface area contributed by atoms with E-state index in [0.717, 1.165) is 37.9 Å². The second-order valence-corrected chi connectivity index (χ2v) is 7.64. The molecule has 1 saturated carbocycles. The van der Waals surface area contributed by atoms with Crippen LogP contribution in [0.25, 0.3) is 0 Å². The highest BCUT2D eigenvalue weighted by atomic mass is 19.1. The van der Waals surface area contributed by atoms with Crippen LogP contribution in [0.15, 0.2) is 42.6 Å². The molecule has 2 aliphatic rings. The maximum atomic E-state index is 13.9. The number of pyridine rings is 1. The predicted molar refractivity (Wildman–Crippen MR) is 101 cm³/mol. The number of carbonyl (C=O) groups excluding carboxylic acids is 1. The van der Waals surface area contributed by atoms with Crippen molar-refractivity contribution in [1.29, 1.82) is 0 Å². The van der Waals surface area contributed by atoms with E-state index in [2.05, 4.69) is 15.2 Å². The Kier molecular flexibility index (Phi) is 4.83. The predicted octanol–water partition coefficient (Wildman–Crippen LogP) is 2.69. The molecule has 142 valence electrons. The van der Waals surface area contributed by atoms with Gasteiger partial charge in [0.1, 0.15) is 11.5 Å². The number of anilines is 1. The highest BCUT2D eigenvalue weighted by molar-refractivity contribution is 5.94. The summed E-state index contributed by atoms with van der Waals surface area (Å²) in [7, 11) is 0. The third kappa shape index (κ3) is 4.11. The van der Waals surface area contributed by atoms with E-state index in [9.17, 15) is 14.3 Å². The summed E-state index contributed by atoms with van der Waals surface area (Å²) in [5.74, 6) is -0.468. The highest BCUT2D eigenvalue weighted by Gasteiger charge is 2.44. The molecule has 1 saturated heterocycles. The lowest BCUT2D eigenvalue weighted by Crippen LogP contribution is -2.40. The third-order valence-corrected chi connectivity index (χ3v) is 5.46. The fraction of sp³-hybridized carbons (Fsp3) is 0.429. The van der Waals surface area contributed by atoms with Crippen LogP contribution in [0.2, 0.25) is 0 Å². The van der Waals surface area contributed by atoms with Gasteiger partial charge in [-0.1, -0.05) is 18.2 Å². The van der Waals surface area contributed by atoms with Crippen LogP contribution in [0.4, 0.5) is 10.1 Å². The molecule has 2 aromatic rings. The Morgan fingerprint density at radius 1 is 1.33 bits per heavy atom. The Bertz CT molecular complexity index is 838. The lowest BCUT2D eigenvalue weighted by molar-refractivity contribution is 0.0926. The Hall–Kier alpha value is -2.47. The first-order valence-electron chi connectivity index (χ1n) is 9.50. The molecule has 0 bridgehead atoms. The summed E-state index contributed by atoms with van der Waals surface area (Å²) >= 11 is 0. The molecule has 2 N–H and O–H groups in total. The minimum absolute atomic E-state index is 0.233. The summed E-state index contributed by atoms with van der Waals surface area (Å²) in [4.78, 5) is 19.0. The van der Waals surface area contributed by atoms with E-state index in [4.69, 9.17) is 0 Å². The molecular weight excluding hydrogens is 345 g/mol. The maximum absolute atomic E-state index is 13.9. The summed E-state index contributed by atoms with van der Waals surface area (Å²) in [6, 6.07) is 10.3. The molecule has 4 rings (SSSR count).